The Labute approximate surface area is 134 Å². The van der Waals surface area contributed by atoms with Crippen LogP contribution in [0.15, 0.2) is 12.4 Å². The molecule has 0 amide bonds. The lowest BCUT2D eigenvalue weighted by Crippen LogP contribution is -2.34. The topological polar surface area (TPSA) is 122 Å². The molecule has 4 N–H and O–H groups in total. The number of nitrogens with zero attached hydrogens (tertiary/aromatic N) is 4. The number of carboxylic acids is 1. The van der Waals surface area contributed by atoms with E-state index >= 15 is 0 Å². The van der Waals surface area contributed by atoms with Crippen molar-refractivity contribution >= 4 is 11.9 Å². The third-order valence-electron chi connectivity index (χ3n) is 3.60. The monoisotopic (exact) mass is 325 g/mol. The number of aliphatic carboxylic acids is 1. The van der Waals surface area contributed by atoms with Crippen molar-refractivity contribution in [3.63, 3.8) is 0 Å². The number of carbonyl (C=O) groups is 1. The van der Waals surface area contributed by atoms with Crippen molar-refractivity contribution in [1.29, 1.82) is 0 Å². The van der Waals surface area contributed by atoms with Gasteiger partial charge in [0.2, 0.25) is 5.95 Å². The quantitative estimate of drug-likeness (QED) is 0.471. The number of hydrogen-bond donors (Lipinski definition) is 4. The number of aliphatic hydroxyl groups is 2. The number of anilines is 1. The highest BCUT2D eigenvalue weighted by atomic mass is 16.4. The van der Waals surface area contributed by atoms with Gasteiger partial charge < -0.3 is 20.6 Å². The van der Waals surface area contributed by atoms with Crippen LogP contribution in [-0.4, -0.2) is 93.0 Å². The molecule has 1 saturated heterocycles. The van der Waals surface area contributed by atoms with Crippen LogP contribution in [-0.2, 0) is 11.3 Å². The molecule has 0 spiro atoms. The molecule has 1 atom stereocenters. The summed E-state index contributed by atoms with van der Waals surface area (Å²) >= 11 is 0. The predicted octanol–water partition coefficient (Wildman–Crippen LogP) is -1.56. The maximum absolute atomic E-state index is 10.5. The largest absolute Gasteiger partial charge is 0.480 e. The van der Waals surface area contributed by atoms with E-state index in [1.807, 2.05) is 4.90 Å². The zero-order valence-corrected chi connectivity index (χ0v) is 12.9. The number of rotatable bonds is 7. The second-order valence-corrected chi connectivity index (χ2v) is 5.58. The van der Waals surface area contributed by atoms with Gasteiger partial charge in [-0.25, -0.2) is 9.97 Å². The molecule has 1 aliphatic rings. The highest BCUT2D eigenvalue weighted by Crippen LogP contribution is 2.09. The zero-order chi connectivity index (χ0) is 16.7. The minimum Gasteiger partial charge on any atom is -0.480 e. The maximum atomic E-state index is 10.5. The Bertz CT molecular complexity index is 498. The van der Waals surface area contributed by atoms with Gasteiger partial charge in [0, 0.05) is 57.2 Å². The average molecular weight is 325 g/mol. The summed E-state index contributed by atoms with van der Waals surface area (Å²) in [6, 6.07) is 0. The molecule has 9 heteroatoms. The van der Waals surface area contributed by atoms with E-state index in [1.165, 1.54) is 0 Å². The molecule has 1 fully saturated rings. The Morgan fingerprint density at radius 3 is 2.57 bits per heavy atom. The molecule has 0 saturated carbocycles. The van der Waals surface area contributed by atoms with Crippen LogP contribution < -0.4 is 5.32 Å². The molecule has 0 bridgehead atoms. The number of nitrogens with one attached hydrogen (secondary N) is 1. The van der Waals surface area contributed by atoms with Gasteiger partial charge in [0.05, 0.1) is 12.7 Å². The predicted molar refractivity (Wildman–Crippen MR) is 83.0 cm³/mol. The Kier molecular flexibility index (Phi) is 6.66. The lowest BCUT2D eigenvalue weighted by atomic mass is 10.2. The van der Waals surface area contributed by atoms with Crippen molar-refractivity contribution in [1.82, 2.24) is 19.8 Å². The van der Waals surface area contributed by atoms with Crippen LogP contribution in [0.4, 0.5) is 5.95 Å². The van der Waals surface area contributed by atoms with E-state index in [0.717, 1.165) is 18.7 Å². The molecular formula is C14H23N5O4. The molecule has 128 valence electrons. The molecule has 1 unspecified atom stereocenters. The Morgan fingerprint density at radius 2 is 1.91 bits per heavy atom. The van der Waals surface area contributed by atoms with Gasteiger partial charge in [-0.1, -0.05) is 0 Å². The Hall–Kier alpha value is -1.81. The molecule has 0 radical (unpaired) electrons. The fourth-order valence-corrected chi connectivity index (χ4v) is 2.55. The highest BCUT2D eigenvalue weighted by molar-refractivity contribution is 5.71. The average Bonchev–Trinajstić information content (AvgIpc) is 2.68. The van der Waals surface area contributed by atoms with Crippen LogP contribution in [0, 0.1) is 0 Å². The smallest absolute Gasteiger partial charge is 0.322 e. The van der Waals surface area contributed by atoms with Crippen molar-refractivity contribution in [2.24, 2.45) is 0 Å². The molecule has 2 heterocycles. The van der Waals surface area contributed by atoms with Gasteiger partial charge in [0.15, 0.2) is 0 Å². The number of hydrogen-bond acceptors (Lipinski definition) is 8. The summed E-state index contributed by atoms with van der Waals surface area (Å²) in [6.07, 6.45) is 2.85. The zero-order valence-electron chi connectivity index (χ0n) is 12.9. The van der Waals surface area contributed by atoms with Gasteiger partial charge in [-0.05, 0) is 0 Å². The first-order valence-electron chi connectivity index (χ1n) is 7.57. The summed E-state index contributed by atoms with van der Waals surface area (Å²) in [6.45, 7) is 3.74. The Morgan fingerprint density at radius 1 is 1.26 bits per heavy atom. The van der Waals surface area contributed by atoms with E-state index in [0.29, 0.717) is 26.2 Å². The normalized spacial score (nSPS) is 20.2. The third kappa shape index (κ3) is 6.06. The molecule has 1 aromatic heterocycles. The molecule has 23 heavy (non-hydrogen) atoms. The molecule has 0 aromatic carbocycles. The van der Waals surface area contributed by atoms with Crippen molar-refractivity contribution in [3.8, 4) is 0 Å². The first-order valence-corrected chi connectivity index (χ1v) is 7.57. The summed E-state index contributed by atoms with van der Waals surface area (Å²) in [5.41, 5.74) is 0.897. The fourth-order valence-electron chi connectivity index (χ4n) is 2.55. The first kappa shape index (κ1) is 17.5. The molecule has 9 nitrogen and oxygen atoms in total. The van der Waals surface area contributed by atoms with E-state index in [4.69, 9.17) is 10.2 Å². The molecule has 1 aromatic rings. The van der Waals surface area contributed by atoms with E-state index in [-0.39, 0.29) is 19.1 Å². The SMILES string of the molecule is O=C(O)CNc1ncc(CN2CCN(CCO)CC(O)C2)cn1. The lowest BCUT2D eigenvalue weighted by Gasteiger charge is -2.21. The van der Waals surface area contributed by atoms with Crippen LogP contribution in [0.2, 0.25) is 0 Å². The number of carboxylic acid groups (broad SMARTS) is 1. The summed E-state index contributed by atoms with van der Waals surface area (Å²) in [7, 11) is 0. The molecule has 1 aliphatic heterocycles. The van der Waals surface area contributed by atoms with Crippen LogP contribution in [0.5, 0.6) is 0 Å². The summed E-state index contributed by atoms with van der Waals surface area (Å²) < 4.78 is 0. The fraction of sp³-hybridized carbons (Fsp3) is 0.643. The number of aliphatic hydroxyl groups excluding tert-OH is 2. The maximum Gasteiger partial charge on any atom is 0.322 e. The van der Waals surface area contributed by atoms with E-state index in [1.54, 1.807) is 12.4 Å². The van der Waals surface area contributed by atoms with Gasteiger partial charge in [-0.2, -0.15) is 0 Å². The van der Waals surface area contributed by atoms with Crippen molar-refractivity contribution in [2.45, 2.75) is 12.6 Å². The van der Waals surface area contributed by atoms with Gasteiger partial charge >= 0.3 is 5.97 Å². The highest BCUT2D eigenvalue weighted by Gasteiger charge is 2.21. The van der Waals surface area contributed by atoms with Gasteiger partial charge in [0.1, 0.15) is 6.54 Å². The van der Waals surface area contributed by atoms with E-state index in [9.17, 15) is 9.90 Å². The number of aromatic nitrogens is 2. The van der Waals surface area contributed by atoms with Crippen molar-refractivity contribution < 1.29 is 20.1 Å². The summed E-state index contributed by atoms with van der Waals surface area (Å²) in [5, 5.41) is 30.2. The van der Waals surface area contributed by atoms with Crippen molar-refractivity contribution in [3.05, 3.63) is 18.0 Å². The standard InChI is InChI=1S/C14H23N5O4/c20-4-3-18-1-2-19(10-12(21)9-18)8-11-5-15-14(16-6-11)17-7-13(22)23/h5-6,12,20-21H,1-4,7-10H2,(H,22,23)(H,15,16,17). The second-order valence-electron chi connectivity index (χ2n) is 5.58. The van der Waals surface area contributed by atoms with Crippen LogP contribution in [0.3, 0.4) is 0 Å². The molecular weight excluding hydrogens is 302 g/mol. The van der Waals surface area contributed by atoms with Crippen LogP contribution >= 0.6 is 0 Å². The third-order valence-corrected chi connectivity index (χ3v) is 3.60. The van der Waals surface area contributed by atoms with Crippen molar-refractivity contribution in [2.75, 3.05) is 51.2 Å². The minimum absolute atomic E-state index is 0.0887. The lowest BCUT2D eigenvalue weighted by molar-refractivity contribution is -0.134. The summed E-state index contributed by atoms with van der Waals surface area (Å²) in [4.78, 5) is 22.8. The van der Waals surface area contributed by atoms with E-state index in [2.05, 4.69) is 20.2 Å². The van der Waals surface area contributed by atoms with E-state index < -0.39 is 12.1 Å². The van der Waals surface area contributed by atoms with Gasteiger partial charge in [-0.3, -0.25) is 14.6 Å². The first-order chi connectivity index (χ1) is 11.1. The van der Waals surface area contributed by atoms with Crippen LogP contribution in [0.25, 0.3) is 0 Å². The molecule has 0 aliphatic carbocycles. The van der Waals surface area contributed by atoms with Crippen LogP contribution in [0.1, 0.15) is 5.56 Å². The number of β-amino-alcohol motifs (C(OH)–C–C–N with tert-alkyl or cyclic N) is 2. The minimum atomic E-state index is -0.969. The van der Waals surface area contributed by atoms with Gasteiger partial charge in [-0.15, -0.1) is 0 Å². The van der Waals surface area contributed by atoms with Gasteiger partial charge in [0.25, 0.3) is 0 Å². The Balaban J connectivity index is 1.87. The summed E-state index contributed by atoms with van der Waals surface area (Å²) in [5.74, 6) is -0.690. The molecule has 2 rings (SSSR count). The second kappa shape index (κ2) is 8.73.